The van der Waals surface area contributed by atoms with Gasteiger partial charge in [-0.05, 0) is 30.3 Å². The number of hydrogen-bond acceptors (Lipinski definition) is 10. The molecule has 2 aromatic rings. The summed E-state index contributed by atoms with van der Waals surface area (Å²) in [5.41, 5.74) is 13.3. The molecule has 0 bridgehead atoms. The summed E-state index contributed by atoms with van der Waals surface area (Å²) in [5, 5.41) is 18.4. The van der Waals surface area contributed by atoms with E-state index in [1.165, 1.54) is 24.3 Å². The standard InChI is InChI=1S/C12H11N5O2.2Na.H2O4S/c13-8-1-6-12(11(14)7-8)16-15-9-2-4-10(5-3-9)17(18)19;;;1-5(2,3)4/h1-7H,13-14H2;;;(H2,1,2,3,4)/q;2*+1;/p-2. The normalized spacial score (nSPS) is 10.1. The summed E-state index contributed by atoms with van der Waals surface area (Å²) in [6.45, 7) is 0. The Balaban J connectivity index is 0. The van der Waals surface area contributed by atoms with E-state index >= 15 is 0 Å². The quantitative estimate of drug-likeness (QED) is 0.0984. The average molecular weight is 399 g/mol. The van der Waals surface area contributed by atoms with E-state index < -0.39 is 15.3 Å². The van der Waals surface area contributed by atoms with E-state index in [4.69, 9.17) is 29.0 Å². The smallest absolute Gasteiger partial charge is 0.759 e. The fourth-order valence-electron chi connectivity index (χ4n) is 1.42. The Labute approximate surface area is 193 Å². The van der Waals surface area contributed by atoms with Crippen molar-refractivity contribution in [3.8, 4) is 0 Å². The largest absolute Gasteiger partial charge is 1.00 e. The molecule has 0 spiro atoms. The van der Waals surface area contributed by atoms with Gasteiger partial charge in [0.25, 0.3) is 5.69 Å². The minimum atomic E-state index is -5.17. The summed E-state index contributed by atoms with van der Waals surface area (Å²) in [5.74, 6) is 0. The van der Waals surface area contributed by atoms with E-state index in [-0.39, 0.29) is 64.8 Å². The number of nitro groups is 1. The number of hydrogen-bond donors (Lipinski definition) is 2. The molecule has 4 N–H and O–H groups in total. The molecular weight excluding hydrogens is 388 g/mol. The third-order valence-electron chi connectivity index (χ3n) is 2.39. The second kappa shape index (κ2) is 12.3. The van der Waals surface area contributed by atoms with Crippen LogP contribution in [0.25, 0.3) is 0 Å². The second-order valence-corrected chi connectivity index (χ2v) is 5.02. The summed E-state index contributed by atoms with van der Waals surface area (Å²) < 4.78 is 34.1. The van der Waals surface area contributed by atoms with Gasteiger partial charge in [0.05, 0.1) is 16.3 Å². The fourth-order valence-corrected chi connectivity index (χ4v) is 1.42. The number of rotatable bonds is 3. The summed E-state index contributed by atoms with van der Waals surface area (Å²) in [6, 6.07) is 10.6. The van der Waals surface area contributed by atoms with Crippen molar-refractivity contribution in [2.45, 2.75) is 0 Å². The number of nitrogen functional groups attached to an aromatic ring is 2. The van der Waals surface area contributed by atoms with Gasteiger partial charge >= 0.3 is 59.1 Å². The van der Waals surface area contributed by atoms with Gasteiger partial charge in [-0.2, -0.15) is 5.11 Å². The van der Waals surface area contributed by atoms with Crippen LogP contribution in [0.1, 0.15) is 0 Å². The molecule has 2 rings (SSSR count). The van der Waals surface area contributed by atoms with Crippen LogP contribution in [0.3, 0.4) is 0 Å². The molecule has 0 radical (unpaired) electrons. The van der Waals surface area contributed by atoms with Crippen molar-refractivity contribution in [3.63, 3.8) is 0 Å². The zero-order valence-corrected chi connectivity index (χ0v) is 18.7. The maximum absolute atomic E-state index is 10.5. The third-order valence-corrected chi connectivity index (χ3v) is 2.39. The minimum absolute atomic E-state index is 0. The summed E-state index contributed by atoms with van der Waals surface area (Å²) in [4.78, 5) is 10.0. The first-order valence-electron chi connectivity index (χ1n) is 6.04. The van der Waals surface area contributed by atoms with Crippen molar-refractivity contribution >= 4 is 38.8 Å². The zero-order chi connectivity index (χ0) is 18.3. The Hall–Kier alpha value is -1.09. The van der Waals surface area contributed by atoms with Crippen LogP contribution in [0.5, 0.6) is 0 Å². The zero-order valence-electron chi connectivity index (χ0n) is 13.9. The van der Waals surface area contributed by atoms with Crippen molar-refractivity contribution in [3.05, 3.63) is 52.6 Å². The van der Waals surface area contributed by atoms with Gasteiger partial charge < -0.3 is 20.6 Å². The summed E-state index contributed by atoms with van der Waals surface area (Å²) in [7, 11) is -5.17. The van der Waals surface area contributed by atoms with Gasteiger partial charge in [-0.25, -0.2) is 0 Å². The second-order valence-electron chi connectivity index (χ2n) is 4.20. The van der Waals surface area contributed by atoms with Gasteiger partial charge in [0.15, 0.2) is 0 Å². The predicted molar refractivity (Wildman–Crippen MR) is 83.0 cm³/mol. The SMILES string of the molecule is Nc1ccc(N=Nc2ccc([N+](=O)[O-])cc2)c(N)c1.O=S(=O)([O-])[O-].[Na+].[Na+]. The van der Waals surface area contributed by atoms with Crippen molar-refractivity contribution in [2.24, 2.45) is 10.2 Å². The first kappa shape index (κ1) is 27.1. The van der Waals surface area contributed by atoms with E-state index in [9.17, 15) is 10.1 Å². The van der Waals surface area contributed by atoms with E-state index in [1.807, 2.05) is 0 Å². The Morgan fingerprint density at radius 1 is 0.923 bits per heavy atom. The van der Waals surface area contributed by atoms with Crippen LogP contribution in [-0.2, 0) is 10.4 Å². The fraction of sp³-hybridized carbons (Fsp3) is 0. The van der Waals surface area contributed by atoms with Crippen LogP contribution in [0.4, 0.5) is 28.4 Å². The molecule has 0 aromatic heterocycles. The molecule has 0 saturated heterocycles. The monoisotopic (exact) mass is 399 g/mol. The van der Waals surface area contributed by atoms with Crippen molar-refractivity contribution < 1.29 is 81.6 Å². The number of nitrogens with two attached hydrogens (primary N) is 2. The van der Waals surface area contributed by atoms with Gasteiger partial charge in [-0.1, -0.05) is 0 Å². The van der Waals surface area contributed by atoms with Crippen molar-refractivity contribution in [1.29, 1.82) is 0 Å². The number of non-ortho nitro benzene ring substituents is 1. The maximum atomic E-state index is 10.5. The molecule has 0 saturated carbocycles. The Morgan fingerprint density at radius 2 is 1.42 bits per heavy atom. The number of anilines is 2. The molecule has 0 atom stereocenters. The van der Waals surface area contributed by atoms with Crippen molar-refractivity contribution in [2.75, 3.05) is 11.5 Å². The number of nitrogens with zero attached hydrogens (tertiary/aromatic N) is 3. The van der Waals surface area contributed by atoms with E-state index in [1.54, 1.807) is 18.2 Å². The number of azo groups is 1. The Bertz CT molecular complexity index is 853. The van der Waals surface area contributed by atoms with Crippen LogP contribution in [-0.4, -0.2) is 22.4 Å². The molecular formula is C12H11N5Na2O6S. The Kier molecular flexibility index (Phi) is 12.9. The number of benzene rings is 2. The molecule has 2 aromatic carbocycles. The molecule has 26 heavy (non-hydrogen) atoms. The van der Waals surface area contributed by atoms with Gasteiger partial charge in [0, 0.05) is 28.2 Å². The first-order chi connectivity index (χ1) is 11.1. The van der Waals surface area contributed by atoms with Crippen molar-refractivity contribution in [1.82, 2.24) is 0 Å². The molecule has 0 amide bonds. The van der Waals surface area contributed by atoms with Gasteiger partial charge in [0.1, 0.15) is 5.69 Å². The van der Waals surface area contributed by atoms with Crippen LogP contribution in [0, 0.1) is 10.1 Å². The molecule has 0 unspecified atom stereocenters. The Morgan fingerprint density at radius 3 is 1.85 bits per heavy atom. The van der Waals surface area contributed by atoms with E-state index in [0.29, 0.717) is 22.7 Å². The minimum Gasteiger partial charge on any atom is -0.759 e. The summed E-state index contributed by atoms with van der Waals surface area (Å²) in [6.07, 6.45) is 0. The summed E-state index contributed by atoms with van der Waals surface area (Å²) >= 11 is 0. The van der Waals surface area contributed by atoms with Crippen LogP contribution in [0.2, 0.25) is 0 Å². The molecule has 11 nitrogen and oxygen atoms in total. The predicted octanol–water partition coefficient (Wildman–Crippen LogP) is -4.16. The topological polar surface area (TPSA) is 200 Å². The molecule has 128 valence electrons. The van der Waals surface area contributed by atoms with E-state index in [2.05, 4.69) is 10.2 Å². The van der Waals surface area contributed by atoms with Crippen LogP contribution < -0.4 is 70.6 Å². The van der Waals surface area contributed by atoms with Crippen LogP contribution >= 0.6 is 0 Å². The maximum Gasteiger partial charge on any atom is 1.00 e. The molecule has 0 aliphatic carbocycles. The molecule has 14 heteroatoms. The van der Waals surface area contributed by atoms with Gasteiger partial charge in [-0.15, -0.1) is 5.11 Å². The first-order valence-corrected chi connectivity index (χ1v) is 7.37. The molecule has 0 aliphatic heterocycles. The van der Waals surface area contributed by atoms with Crippen LogP contribution in [0.15, 0.2) is 52.7 Å². The third kappa shape index (κ3) is 11.5. The molecule has 0 fully saturated rings. The average Bonchev–Trinajstić information content (AvgIpc) is 2.45. The van der Waals surface area contributed by atoms with E-state index in [0.717, 1.165) is 0 Å². The molecule has 0 aliphatic rings. The van der Waals surface area contributed by atoms with Gasteiger partial charge in [0.2, 0.25) is 0 Å². The molecule has 0 heterocycles. The van der Waals surface area contributed by atoms with Gasteiger partial charge in [-0.3, -0.25) is 18.5 Å². The number of nitro benzene ring substituents is 1.